The maximum atomic E-state index is 12.9. The normalized spacial score (nSPS) is 20.8. The van der Waals surface area contributed by atoms with Crippen LogP contribution in [0.15, 0.2) is 0 Å². The Bertz CT molecular complexity index is 441. The molecule has 1 saturated heterocycles. The molecule has 1 heterocycles. The van der Waals surface area contributed by atoms with Gasteiger partial charge in [0.2, 0.25) is 17.7 Å². The van der Waals surface area contributed by atoms with E-state index in [-0.39, 0.29) is 17.7 Å². The van der Waals surface area contributed by atoms with Crippen molar-refractivity contribution in [1.29, 1.82) is 0 Å². The number of nitrogens with one attached hydrogen (secondary N) is 3. The van der Waals surface area contributed by atoms with E-state index < -0.39 is 23.8 Å². The van der Waals surface area contributed by atoms with E-state index in [2.05, 4.69) is 10.7 Å². The number of hydrogen-bond donors (Lipinski definition) is 4. The second kappa shape index (κ2) is 8.83. The van der Waals surface area contributed by atoms with Crippen LogP contribution in [0.4, 0.5) is 0 Å². The van der Waals surface area contributed by atoms with Gasteiger partial charge < -0.3 is 5.32 Å². The highest BCUT2D eigenvalue weighted by Crippen LogP contribution is 2.25. The minimum atomic E-state index is -0.691. The maximum Gasteiger partial charge on any atom is 0.246 e. The molecule has 1 aliphatic heterocycles. The van der Waals surface area contributed by atoms with Gasteiger partial charge >= 0.3 is 0 Å². The Hall–Kier alpha value is -1.67. The highest BCUT2D eigenvalue weighted by Gasteiger charge is 2.39. The van der Waals surface area contributed by atoms with E-state index in [9.17, 15) is 14.4 Å². The molecule has 3 amide bonds. The van der Waals surface area contributed by atoms with E-state index >= 15 is 0 Å². The van der Waals surface area contributed by atoms with Crippen LogP contribution in [-0.2, 0) is 14.4 Å². The summed E-state index contributed by atoms with van der Waals surface area (Å²) < 4.78 is 0. The molecule has 0 radical (unpaired) electrons. The van der Waals surface area contributed by atoms with E-state index in [4.69, 9.17) is 5.21 Å². The zero-order valence-corrected chi connectivity index (χ0v) is 14.3. The van der Waals surface area contributed by atoms with Crippen LogP contribution in [0.3, 0.4) is 0 Å². The number of nitrogens with zero attached hydrogens (tertiary/aromatic N) is 1. The monoisotopic (exact) mass is 328 g/mol. The predicted molar refractivity (Wildman–Crippen MR) is 84.0 cm³/mol. The van der Waals surface area contributed by atoms with E-state index in [0.29, 0.717) is 19.4 Å². The lowest BCUT2D eigenvalue weighted by Crippen LogP contribution is -2.60. The number of hydrogen-bond acceptors (Lipinski definition) is 5. The molecular formula is C15H28N4O4. The van der Waals surface area contributed by atoms with Crippen LogP contribution in [-0.4, -0.2) is 47.6 Å². The first kappa shape index (κ1) is 19.4. The molecule has 0 bridgehead atoms. The summed E-state index contributed by atoms with van der Waals surface area (Å²) in [7, 11) is 1.53. The van der Waals surface area contributed by atoms with Crippen LogP contribution in [0.1, 0.15) is 40.0 Å². The number of amides is 3. The molecule has 8 heteroatoms. The van der Waals surface area contributed by atoms with Crippen molar-refractivity contribution in [3.63, 3.8) is 0 Å². The zero-order chi connectivity index (χ0) is 17.6. The highest BCUT2D eigenvalue weighted by molar-refractivity contribution is 5.91. The molecule has 0 unspecified atom stereocenters. The Kier molecular flexibility index (Phi) is 7.44. The van der Waals surface area contributed by atoms with E-state index in [1.807, 2.05) is 13.8 Å². The van der Waals surface area contributed by atoms with Crippen molar-refractivity contribution in [1.82, 2.24) is 21.2 Å². The highest BCUT2D eigenvalue weighted by atomic mass is 16.5. The van der Waals surface area contributed by atoms with Gasteiger partial charge in [-0.25, -0.2) is 10.9 Å². The molecule has 1 aliphatic rings. The number of carbonyl (C=O) groups is 3. The van der Waals surface area contributed by atoms with Crippen molar-refractivity contribution in [2.45, 2.75) is 46.1 Å². The third-order valence-electron chi connectivity index (χ3n) is 4.20. The molecule has 1 fully saturated rings. The first-order valence-electron chi connectivity index (χ1n) is 8.05. The SMILES string of the molecule is CNC(=O)[C@H]1CCCNN1C(=O)[C@@H](CC(C)C)[C@@H](C)C(=O)NO. The molecular weight excluding hydrogens is 300 g/mol. The van der Waals surface area contributed by atoms with Gasteiger partial charge in [-0.15, -0.1) is 0 Å². The lowest BCUT2D eigenvalue weighted by atomic mass is 9.84. The van der Waals surface area contributed by atoms with Gasteiger partial charge in [0.25, 0.3) is 0 Å². The van der Waals surface area contributed by atoms with E-state index in [1.165, 1.54) is 12.1 Å². The largest absolute Gasteiger partial charge is 0.357 e. The summed E-state index contributed by atoms with van der Waals surface area (Å²) in [6.45, 7) is 6.14. The molecule has 132 valence electrons. The van der Waals surface area contributed by atoms with E-state index in [0.717, 1.165) is 6.42 Å². The van der Waals surface area contributed by atoms with Crippen LogP contribution >= 0.6 is 0 Å². The van der Waals surface area contributed by atoms with Crippen LogP contribution in [0.5, 0.6) is 0 Å². The molecule has 0 aromatic rings. The standard InChI is InChI=1S/C15H28N4O4/c1-9(2)8-11(10(3)13(20)18-23)15(22)19-12(14(21)16-4)6-5-7-17-19/h9-12,17,23H,5-8H2,1-4H3,(H,16,21)(H,18,20)/t10-,11+,12-/m1/s1. The zero-order valence-electron chi connectivity index (χ0n) is 14.3. The third-order valence-corrected chi connectivity index (χ3v) is 4.20. The van der Waals surface area contributed by atoms with Gasteiger partial charge in [-0.05, 0) is 25.2 Å². The second-order valence-electron chi connectivity index (χ2n) is 6.39. The summed E-state index contributed by atoms with van der Waals surface area (Å²) >= 11 is 0. The fraction of sp³-hybridized carbons (Fsp3) is 0.800. The van der Waals surface area contributed by atoms with Crippen molar-refractivity contribution < 1.29 is 19.6 Å². The topological polar surface area (TPSA) is 111 Å². The van der Waals surface area contributed by atoms with Crippen molar-refractivity contribution in [2.75, 3.05) is 13.6 Å². The van der Waals surface area contributed by atoms with Crippen LogP contribution < -0.4 is 16.2 Å². The molecule has 0 aromatic heterocycles. The lowest BCUT2D eigenvalue weighted by Gasteiger charge is -2.38. The molecule has 0 spiro atoms. The molecule has 8 nitrogen and oxygen atoms in total. The molecule has 23 heavy (non-hydrogen) atoms. The van der Waals surface area contributed by atoms with Gasteiger partial charge in [0.05, 0.1) is 5.92 Å². The number of carbonyl (C=O) groups excluding carboxylic acids is 3. The molecule has 0 aliphatic carbocycles. The first-order chi connectivity index (χ1) is 10.8. The molecule has 1 rings (SSSR count). The fourth-order valence-electron chi connectivity index (χ4n) is 2.87. The summed E-state index contributed by atoms with van der Waals surface area (Å²) in [6, 6.07) is -0.583. The van der Waals surface area contributed by atoms with E-state index in [1.54, 1.807) is 12.4 Å². The lowest BCUT2D eigenvalue weighted by molar-refractivity contribution is -0.154. The summed E-state index contributed by atoms with van der Waals surface area (Å²) in [6.07, 6.45) is 1.86. The Labute approximate surface area is 136 Å². The minimum Gasteiger partial charge on any atom is -0.357 e. The van der Waals surface area contributed by atoms with Crippen molar-refractivity contribution in [3.8, 4) is 0 Å². The van der Waals surface area contributed by atoms with Crippen LogP contribution in [0.2, 0.25) is 0 Å². The predicted octanol–water partition coefficient (Wildman–Crippen LogP) is 0.0318. The number of hydroxylamine groups is 1. The smallest absolute Gasteiger partial charge is 0.246 e. The number of rotatable bonds is 6. The van der Waals surface area contributed by atoms with Gasteiger partial charge in [-0.3, -0.25) is 24.6 Å². The summed E-state index contributed by atoms with van der Waals surface area (Å²) in [5.41, 5.74) is 4.59. The van der Waals surface area contributed by atoms with Gasteiger partial charge in [-0.1, -0.05) is 20.8 Å². The summed E-state index contributed by atoms with van der Waals surface area (Å²) in [5.74, 6) is -2.22. The third kappa shape index (κ3) is 4.90. The van der Waals surface area contributed by atoms with Gasteiger partial charge in [0.1, 0.15) is 6.04 Å². The Morgan fingerprint density at radius 2 is 1.96 bits per heavy atom. The molecule has 0 saturated carbocycles. The maximum absolute atomic E-state index is 12.9. The molecule has 4 N–H and O–H groups in total. The second-order valence-corrected chi connectivity index (χ2v) is 6.39. The Morgan fingerprint density at radius 3 is 2.48 bits per heavy atom. The average molecular weight is 328 g/mol. The summed E-state index contributed by atoms with van der Waals surface area (Å²) in [5, 5.41) is 12.8. The summed E-state index contributed by atoms with van der Waals surface area (Å²) in [4.78, 5) is 36.7. The molecule has 0 aromatic carbocycles. The van der Waals surface area contributed by atoms with Gasteiger partial charge in [0.15, 0.2) is 0 Å². The first-order valence-corrected chi connectivity index (χ1v) is 8.05. The van der Waals surface area contributed by atoms with Gasteiger partial charge in [-0.2, -0.15) is 0 Å². The number of likely N-dealkylation sites (N-methyl/N-ethyl adjacent to an activating group) is 1. The minimum absolute atomic E-state index is 0.195. The molecule has 3 atom stereocenters. The van der Waals surface area contributed by atoms with Crippen molar-refractivity contribution in [2.24, 2.45) is 17.8 Å². The average Bonchev–Trinajstić information content (AvgIpc) is 2.56. The number of hydrazine groups is 1. The quantitative estimate of drug-likeness (QED) is 0.406. The van der Waals surface area contributed by atoms with Crippen LogP contribution in [0, 0.1) is 17.8 Å². The van der Waals surface area contributed by atoms with Gasteiger partial charge in [0, 0.05) is 19.5 Å². The Balaban J connectivity index is 3.01. The van der Waals surface area contributed by atoms with Crippen LogP contribution in [0.25, 0.3) is 0 Å². The van der Waals surface area contributed by atoms with Crippen molar-refractivity contribution >= 4 is 17.7 Å². The Morgan fingerprint density at radius 1 is 1.30 bits per heavy atom. The van der Waals surface area contributed by atoms with Crippen molar-refractivity contribution in [3.05, 3.63) is 0 Å². The fourth-order valence-corrected chi connectivity index (χ4v) is 2.87.